The number of nitrogens with one attached hydrogen (secondary N) is 1. The molecule has 1 saturated heterocycles. The Morgan fingerprint density at radius 1 is 1.04 bits per heavy atom. The number of rotatable bonds is 3. The van der Waals surface area contributed by atoms with Crippen molar-refractivity contribution in [2.24, 2.45) is 29.6 Å². The van der Waals surface area contributed by atoms with Gasteiger partial charge in [-0.3, -0.25) is 4.79 Å². The van der Waals surface area contributed by atoms with Gasteiger partial charge in [-0.05, 0) is 95.3 Å². The van der Waals surface area contributed by atoms with Crippen LogP contribution in [0.2, 0.25) is 0 Å². The maximum atomic E-state index is 13.0. The van der Waals surface area contributed by atoms with Crippen molar-refractivity contribution in [2.75, 3.05) is 13.1 Å². The van der Waals surface area contributed by atoms with Crippen LogP contribution in [-0.2, 0) is 9.53 Å². The topological polar surface area (TPSA) is 58.6 Å². The van der Waals surface area contributed by atoms with Gasteiger partial charge < -0.3 is 15.0 Å². The van der Waals surface area contributed by atoms with Crippen LogP contribution in [0.4, 0.5) is 4.79 Å². The zero-order valence-electron chi connectivity index (χ0n) is 17.2. The van der Waals surface area contributed by atoms with E-state index in [9.17, 15) is 9.59 Å². The molecular weight excluding hydrogens is 340 g/mol. The summed E-state index contributed by atoms with van der Waals surface area (Å²) in [6.45, 7) is 7.07. The van der Waals surface area contributed by atoms with Crippen molar-refractivity contribution in [3.05, 3.63) is 0 Å². The number of piperidine rings is 1. The van der Waals surface area contributed by atoms with E-state index >= 15 is 0 Å². The molecule has 5 rings (SSSR count). The number of carbonyl (C=O) groups excluding carboxylic acids is 2. The Hall–Kier alpha value is -1.26. The van der Waals surface area contributed by atoms with Gasteiger partial charge in [-0.25, -0.2) is 4.79 Å². The molecule has 5 nitrogen and oxygen atoms in total. The molecule has 1 heterocycles. The highest BCUT2D eigenvalue weighted by Gasteiger charge is 2.48. The van der Waals surface area contributed by atoms with E-state index in [1.807, 2.05) is 25.7 Å². The Labute approximate surface area is 163 Å². The minimum atomic E-state index is -0.492. The molecule has 0 aromatic carbocycles. The Morgan fingerprint density at radius 3 is 2.26 bits per heavy atom. The fourth-order valence-electron chi connectivity index (χ4n) is 6.50. The largest absolute Gasteiger partial charge is 0.444 e. The molecule has 4 aliphatic carbocycles. The minimum absolute atomic E-state index is 0.0102. The predicted octanol–water partition coefficient (Wildman–Crippen LogP) is 3.96. The third-order valence-corrected chi connectivity index (χ3v) is 7.33. The molecule has 2 amide bonds. The molecule has 1 atom stereocenters. The van der Waals surface area contributed by atoms with Crippen LogP contribution >= 0.6 is 0 Å². The summed E-state index contributed by atoms with van der Waals surface area (Å²) >= 11 is 0. The van der Waals surface area contributed by atoms with E-state index in [2.05, 4.69) is 5.32 Å². The van der Waals surface area contributed by atoms with Gasteiger partial charge >= 0.3 is 6.09 Å². The summed E-state index contributed by atoms with van der Waals surface area (Å²) in [5, 5.41) is 2.96. The quantitative estimate of drug-likeness (QED) is 0.811. The molecule has 0 unspecified atom stereocenters. The Balaban J connectivity index is 1.29. The van der Waals surface area contributed by atoms with Gasteiger partial charge in [-0.15, -0.1) is 0 Å². The summed E-state index contributed by atoms with van der Waals surface area (Å²) in [5.74, 6) is 4.43. The minimum Gasteiger partial charge on any atom is -0.444 e. The number of ether oxygens (including phenoxy) is 1. The summed E-state index contributed by atoms with van der Waals surface area (Å²) in [7, 11) is 0. The maximum absolute atomic E-state index is 13.0. The molecule has 1 aliphatic heterocycles. The van der Waals surface area contributed by atoms with E-state index in [0.29, 0.717) is 18.4 Å². The van der Waals surface area contributed by atoms with E-state index < -0.39 is 5.60 Å². The van der Waals surface area contributed by atoms with Crippen molar-refractivity contribution in [1.29, 1.82) is 0 Å². The summed E-state index contributed by atoms with van der Waals surface area (Å²) in [6, 6.07) is 0.0102. The lowest BCUT2D eigenvalue weighted by Gasteiger charge is -2.54. The molecule has 4 saturated carbocycles. The Bertz CT molecular complexity index is 555. The molecule has 5 fully saturated rings. The van der Waals surface area contributed by atoms with Crippen molar-refractivity contribution < 1.29 is 14.3 Å². The molecular formula is C22H36N2O3. The second-order valence-electron chi connectivity index (χ2n) is 10.6. The molecule has 0 radical (unpaired) electrons. The summed E-state index contributed by atoms with van der Waals surface area (Å²) < 4.78 is 5.37. The maximum Gasteiger partial charge on any atom is 0.407 e. The zero-order chi connectivity index (χ0) is 19.2. The van der Waals surface area contributed by atoms with Crippen molar-refractivity contribution in [3.8, 4) is 0 Å². The van der Waals surface area contributed by atoms with Crippen LogP contribution in [0, 0.1) is 29.6 Å². The third-order valence-electron chi connectivity index (χ3n) is 7.33. The molecule has 0 spiro atoms. The highest BCUT2D eigenvalue weighted by molar-refractivity contribution is 5.77. The van der Waals surface area contributed by atoms with Crippen LogP contribution in [0.3, 0.4) is 0 Å². The zero-order valence-corrected chi connectivity index (χ0v) is 17.2. The standard InChI is InChI=1S/C22H36N2O3/c1-22(2,3)27-21(26)23-18-5-4-6-24(13-18)20(25)12-19-16-8-14-7-15(10-16)11-17(19)9-14/h14-19H,4-13H2,1-3H3,(H,23,26)/t14?,15?,16?,17?,18-,19?/m0/s1. The van der Waals surface area contributed by atoms with Crippen molar-refractivity contribution >= 4 is 12.0 Å². The number of alkyl carbamates (subject to hydrolysis) is 1. The first-order valence-corrected chi connectivity index (χ1v) is 11.0. The van der Waals surface area contributed by atoms with Crippen LogP contribution < -0.4 is 5.32 Å². The molecule has 152 valence electrons. The summed E-state index contributed by atoms with van der Waals surface area (Å²) in [5.41, 5.74) is -0.492. The summed E-state index contributed by atoms with van der Waals surface area (Å²) in [6.07, 6.45) is 9.16. The van der Waals surface area contributed by atoms with Crippen LogP contribution in [0.1, 0.15) is 72.1 Å². The molecule has 1 N–H and O–H groups in total. The number of amides is 2. The molecule has 0 aromatic heterocycles. The van der Waals surface area contributed by atoms with Crippen molar-refractivity contribution in [2.45, 2.75) is 83.8 Å². The second kappa shape index (κ2) is 7.29. The van der Waals surface area contributed by atoms with E-state index in [4.69, 9.17) is 4.74 Å². The first-order chi connectivity index (χ1) is 12.8. The normalized spacial score (nSPS) is 38.0. The first kappa shape index (κ1) is 19.1. The Kier molecular flexibility index (Phi) is 5.15. The van der Waals surface area contributed by atoms with Crippen molar-refractivity contribution in [3.63, 3.8) is 0 Å². The van der Waals surface area contributed by atoms with Gasteiger partial charge in [0, 0.05) is 25.6 Å². The average molecular weight is 377 g/mol. The van der Waals surface area contributed by atoms with Gasteiger partial charge in [0.2, 0.25) is 5.91 Å². The van der Waals surface area contributed by atoms with Gasteiger partial charge in [0.15, 0.2) is 0 Å². The predicted molar refractivity (Wildman–Crippen MR) is 104 cm³/mol. The fourth-order valence-corrected chi connectivity index (χ4v) is 6.50. The number of likely N-dealkylation sites (tertiary alicyclic amines) is 1. The van der Waals surface area contributed by atoms with Crippen LogP contribution in [0.5, 0.6) is 0 Å². The smallest absolute Gasteiger partial charge is 0.407 e. The summed E-state index contributed by atoms with van der Waals surface area (Å²) in [4.78, 5) is 27.1. The average Bonchev–Trinajstić information content (AvgIpc) is 2.55. The molecule has 0 aromatic rings. The fraction of sp³-hybridized carbons (Fsp3) is 0.909. The number of hydrogen-bond donors (Lipinski definition) is 1. The lowest BCUT2D eigenvalue weighted by Crippen LogP contribution is -2.52. The van der Waals surface area contributed by atoms with Crippen molar-refractivity contribution in [1.82, 2.24) is 10.2 Å². The highest BCUT2D eigenvalue weighted by Crippen LogP contribution is 2.57. The molecule has 5 heteroatoms. The Morgan fingerprint density at radius 2 is 1.67 bits per heavy atom. The van der Waals surface area contributed by atoms with E-state index in [0.717, 1.165) is 49.5 Å². The van der Waals surface area contributed by atoms with E-state index in [-0.39, 0.29) is 12.1 Å². The first-order valence-electron chi connectivity index (χ1n) is 11.0. The van der Waals surface area contributed by atoms with Gasteiger partial charge in [-0.1, -0.05) is 0 Å². The van der Waals surface area contributed by atoms with E-state index in [1.54, 1.807) is 0 Å². The van der Waals surface area contributed by atoms with Gasteiger partial charge in [0.1, 0.15) is 5.60 Å². The lowest BCUT2D eigenvalue weighted by atomic mass is 9.51. The molecule has 5 aliphatic rings. The third kappa shape index (κ3) is 4.43. The lowest BCUT2D eigenvalue weighted by molar-refractivity contribution is -0.137. The highest BCUT2D eigenvalue weighted by atomic mass is 16.6. The van der Waals surface area contributed by atoms with Gasteiger partial charge in [0.25, 0.3) is 0 Å². The molecule has 27 heavy (non-hydrogen) atoms. The SMILES string of the molecule is CC(C)(C)OC(=O)N[C@H]1CCCN(C(=O)CC2C3CC4CC(C3)CC2C4)C1. The van der Waals surface area contributed by atoms with Crippen LogP contribution in [0.15, 0.2) is 0 Å². The number of hydrogen-bond acceptors (Lipinski definition) is 3. The van der Waals surface area contributed by atoms with Crippen LogP contribution in [0.25, 0.3) is 0 Å². The van der Waals surface area contributed by atoms with Gasteiger partial charge in [-0.2, -0.15) is 0 Å². The van der Waals surface area contributed by atoms with Crippen LogP contribution in [-0.4, -0.2) is 41.6 Å². The van der Waals surface area contributed by atoms with E-state index in [1.165, 1.54) is 32.1 Å². The van der Waals surface area contributed by atoms with Gasteiger partial charge in [0.05, 0.1) is 0 Å². The molecule has 4 bridgehead atoms. The number of nitrogens with zero attached hydrogens (tertiary/aromatic N) is 1. The number of carbonyl (C=O) groups is 2. The second-order valence-corrected chi connectivity index (χ2v) is 10.6. The monoisotopic (exact) mass is 376 g/mol.